The quantitative estimate of drug-likeness (QED) is 0.806. The topological polar surface area (TPSA) is 55.1 Å². The zero-order valence-corrected chi connectivity index (χ0v) is 12.6. The minimum atomic E-state index is -0.265. The lowest BCUT2D eigenvalue weighted by atomic mass is 10.0. The summed E-state index contributed by atoms with van der Waals surface area (Å²) in [7, 11) is 0. The first-order chi connectivity index (χ1) is 9.38. The number of carbonyl (C=O) groups excluding carboxylic acids is 1. The summed E-state index contributed by atoms with van der Waals surface area (Å²) in [6, 6.07) is 8.45. The molecule has 0 saturated carbocycles. The van der Waals surface area contributed by atoms with Gasteiger partial charge in [-0.25, -0.2) is 0 Å². The number of carbonyl (C=O) groups is 1. The van der Waals surface area contributed by atoms with Crippen molar-refractivity contribution in [1.29, 1.82) is 0 Å². The highest BCUT2D eigenvalue weighted by Crippen LogP contribution is 2.26. The van der Waals surface area contributed by atoms with Crippen LogP contribution in [0.15, 0.2) is 30.3 Å². The van der Waals surface area contributed by atoms with Crippen LogP contribution in [0.1, 0.15) is 21.5 Å². The zero-order chi connectivity index (χ0) is 14.9. The number of halogens is 2. The number of nitrogens with one attached hydrogen (secondary N) is 1. The average Bonchev–Trinajstić information content (AvgIpc) is 2.38. The minimum Gasteiger partial charge on any atom is -0.398 e. The predicted octanol–water partition coefficient (Wildman–Crippen LogP) is 4.44. The van der Waals surface area contributed by atoms with Gasteiger partial charge in [-0.3, -0.25) is 4.79 Å². The van der Waals surface area contributed by atoms with E-state index in [1.54, 1.807) is 24.3 Å². The molecule has 0 bridgehead atoms. The van der Waals surface area contributed by atoms with Crippen molar-refractivity contribution in [2.45, 2.75) is 13.8 Å². The van der Waals surface area contributed by atoms with Gasteiger partial charge in [-0.2, -0.15) is 0 Å². The summed E-state index contributed by atoms with van der Waals surface area (Å²) < 4.78 is 0. The van der Waals surface area contributed by atoms with Gasteiger partial charge in [-0.1, -0.05) is 29.3 Å². The van der Waals surface area contributed by atoms with Crippen LogP contribution in [0.4, 0.5) is 11.4 Å². The highest BCUT2D eigenvalue weighted by atomic mass is 35.5. The van der Waals surface area contributed by atoms with Crippen LogP contribution in [0.3, 0.4) is 0 Å². The highest BCUT2D eigenvalue weighted by Gasteiger charge is 2.13. The van der Waals surface area contributed by atoms with Gasteiger partial charge in [-0.15, -0.1) is 0 Å². The zero-order valence-electron chi connectivity index (χ0n) is 11.1. The summed E-state index contributed by atoms with van der Waals surface area (Å²) in [5.74, 6) is -0.265. The van der Waals surface area contributed by atoms with E-state index in [0.717, 1.165) is 11.1 Å². The lowest BCUT2D eigenvalue weighted by molar-refractivity contribution is 0.102. The summed E-state index contributed by atoms with van der Waals surface area (Å²) in [5.41, 5.74) is 9.22. The molecule has 2 aromatic carbocycles. The fraction of sp³-hybridized carbons (Fsp3) is 0.133. The number of nitrogen functional groups attached to an aromatic ring is 1. The fourth-order valence-electron chi connectivity index (χ4n) is 1.90. The molecule has 0 spiro atoms. The number of amides is 1. The van der Waals surface area contributed by atoms with Gasteiger partial charge in [-0.05, 0) is 49.2 Å². The first-order valence-corrected chi connectivity index (χ1v) is 6.77. The maximum absolute atomic E-state index is 12.3. The van der Waals surface area contributed by atoms with Gasteiger partial charge in [0.1, 0.15) is 0 Å². The molecule has 0 aliphatic rings. The van der Waals surface area contributed by atoms with Crippen LogP contribution in [0, 0.1) is 13.8 Å². The van der Waals surface area contributed by atoms with Crippen LogP contribution < -0.4 is 11.1 Å². The standard InChI is InChI=1S/C15H14Cl2N2O/c1-8-5-9(2)13(18)7-11(8)15(20)19-14-6-10(16)3-4-12(14)17/h3-7H,18H2,1-2H3,(H,19,20). The van der Waals surface area contributed by atoms with Crippen molar-refractivity contribution in [2.24, 2.45) is 0 Å². The second kappa shape index (κ2) is 5.73. The number of nitrogens with two attached hydrogens (primary N) is 1. The Hall–Kier alpha value is -1.71. The van der Waals surface area contributed by atoms with Crippen molar-refractivity contribution < 1.29 is 4.79 Å². The Kier molecular flexibility index (Phi) is 4.21. The van der Waals surface area contributed by atoms with Gasteiger partial charge in [0.2, 0.25) is 0 Å². The van der Waals surface area contributed by atoms with Gasteiger partial charge in [0, 0.05) is 16.3 Å². The first-order valence-electron chi connectivity index (χ1n) is 6.01. The molecule has 20 heavy (non-hydrogen) atoms. The smallest absolute Gasteiger partial charge is 0.256 e. The molecule has 3 N–H and O–H groups in total. The van der Waals surface area contributed by atoms with Crippen molar-refractivity contribution in [3.8, 4) is 0 Å². The Morgan fingerprint density at radius 1 is 1.10 bits per heavy atom. The Balaban J connectivity index is 2.33. The molecular weight excluding hydrogens is 295 g/mol. The Labute approximate surface area is 127 Å². The molecule has 0 aromatic heterocycles. The van der Waals surface area contributed by atoms with Crippen molar-refractivity contribution in [3.05, 3.63) is 57.1 Å². The SMILES string of the molecule is Cc1cc(C)c(C(=O)Nc2cc(Cl)ccc2Cl)cc1N. The maximum atomic E-state index is 12.3. The lowest BCUT2D eigenvalue weighted by Gasteiger charge is -2.11. The molecule has 0 heterocycles. The first kappa shape index (κ1) is 14.7. The van der Waals surface area contributed by atoms with Gasteiger partial charge >= 0.3 is 0 Å². The molecule has 1 amide bonds. The second-order valence-electron chi connectivity index (χ2n) is 4.60. The molecule has 0 aliphatic carbocycles. The molecule has 0 atom stereocenters. The molecule has 5 heteroatoms. The largest absolute Gasteiger partial charge is 0.398 e. The maximum Gasteiger partial charge on any atom is 0.256 e. The van der Waals surface area contributed by atoms with E-state index >= 15 is 0 Å². The number of anilines is 2. The van der Waals surface area contributed by atoms with Crippen LogP contribution in [0.2, 0.25) is 10.0 Å². The van der Waals surface area contributed by atoms with E-state index in [2.05, 4.69) is 5.32 Å². The van der Waals surface area contributed by atoms with Crippen molar-refractivity contribution in [1.82, 2.24) is 0 Å². The molecule has 0 fully saturated rings. The van der Waals surface area contributed by atoms with Crippen LogP contribution in [0.5, 0.6) is 0 Å². The average molecular weight is 309 g/mol. The third-order valence-corrected chi connectivity index (χ3v) is 3.60. The molecule has 0 unspecified atom stereocenters. The van der Waals surface area contributed by atoms with Gasteiger partial charge in [0.25, 0.3) is 5.91 Å². The molecular formula is C15H14Cl2N2O. The Bertz CT molecular complexity index is 684. The number of rotatable bonds is 2. The molecule has 3 nitrogen and oxygen atoms in total. The molecule has 2 aromatic rings. The highest BCUT2D eigenvalue weighted by molar-refractivity contribution is 6.35. The van der Waals surface area contributed by atoms with Gasteiger partial charge in [0.05, 0.1) is 10.7 Å². The van der Waals surface area contributed by atoms with Crippen molar-refractivity contribution in [2.75, 3.05) is 11.1 Å². The van der Waals surface area contributed by atoms with Crippen LogP contribution in [-0.4, -0.2) is 5.91 Å². The van der Waals surface area contributed by atoms with E-state index in [4.69, 9.17) is 28.9 Å². The van der Waals surface area contributed by atoms with Crippen LogP contribution in [0.25, 0.3) is 0 Å². The van der Waals surface area contributed by atoms with E-state index in [0.29, 0.717) is 27.0 Å². The Morgan fingerprint density at radius 3 is 2.50 bits per heavy atom. The number of hydrogen-bond donors (Lipinski definition) is 2. The summed E-state index contributed by atoms with van der Waals surface area (Å²) >= 11 is 11.9. The molecule has 0 saturated heterocycles. The minimum absolute atomic E-state index is 0.265. The summed E-state index contributed by atoms with van der Waals surface area (Å²) in [6.45, 7) is 3.76. The third-order valence-electron chi connectivity index (χ3n) is 3.03. The number of hydrogen-bond acceptors (Lipinski definition) is 2. The fourth-order valence-corrected chi connectivity index (χ4v) is 2.23. The molecule has 0 radical (unpaired) electrons. The molecule has 2 rings (SSSR count). The van der Waals surface area contributed by atoms with Crippen molar-refractivity contribution in [3.63, 3.8) is 0 Å². The second-order valence-corrected chi connectivity index (χ2v) is 5.45. The Morgan fingerprint density at radius 2 is 1.80 bits per heavy atom. The van der Waals surface area contributed by atoms with Crippen LogP contribution in [-0.2, 0) is 0 Å². The van der Waals surface area contributed by atoms with Gasteiger partial charge < -0.3 is 11.1 Å². The normalized spacial score (nSPS) is 10.4. The third kappa shape index (κ3) is 3.06. The lowest BCUT2D eigenvalue weighted by Crippen LogP contribution is -2.14. The van der Waals surface area contributed by atoms with E-state index in [1.807, 2.05) is 19.9 Å². The molecule has 104 valence electrons. The van der Waals surface area contributed by atoms with E-state index in [-0.39, 0.29) is 5.91 Å². The predicted molar refractivity (Wildman–Crippen MR) is 84.7 cm³/mol. The monoisotopic (exact) mass is 308 g/mol. The van der Waals surface area contributed by atoms with Gasteiger partial charge in [0.15, 0.2) is 0 Å². The van der Waals surface area contributed by atoms with E-state index < -0.39 is 0 Å². The summed E-state index contributed by atoms with van der Waals surface area (Å²) in [5, 5.41) is 3.68. The van der Waals surface area contributed by atoms with E-state index in [9.17, 15) is 4.79 Å². The van der Waals surface area contributed by atoms with E-state index in [1.165, 1.54) is 0 Å². The van der Waals surface area contributed by atoms with Crippen LogP contribution >= 0.6 is 23.2 Å². The summed E-state index contributed by atoms with van der Waals surface area (Å²) in [6.07, 6.45) is 0. The summed E-state index contributed by atoms with van der Waals surface area (Å²) in [4.78, 5) is 12.3. The molecule has 0 aliphatic heterocycles. The van der Waals surface area contributed by atoms with Crippen molar-refractivity contribution >= 4 is 40.5 Å². The number of aryl methyl sites for hydroxylation is 2. The number of benzene rings is 2.